The molecule has 2 aliphatic rings. The van der Waals surface area contributed by atoms with Gasteiger partial charge in [0.2, 0.25) is 6.79 Å². The van der Waals surface area contributed by atoms with Crippen molar-refractivity contribution in [3.63, 3.8) is 0 Å². The second kappa shape index (κ2) is 11.8. The molecule has 0 saturated carbocycles. The zero-order valence-electron chi connectivity index (χ0n) is 20.3. The molecule has 2 heterocycles. The summed E-state index contributed by atoms with van der Waals surface area (Å²) in [6.07, 6.45) is 1.62. The zero-order valence-corrected chi connectivity index (χ0v) is 24.7. The van der Waals surface area contributed by atoms with Crippen molar-refractivity contribution in [1.29, 1.82) is 0 Å². The Balaban J connectivity index is 1.37. The van der Waals surface area contributed by atoms with Crippen LogP contribution in [0.5, 0.6) is 23.0 Å². The maximum Gasteiger partial charge on any atom is 0.293 e. The van der Waals surface area contributed by atoms with Crippen LogP contribution in [0.3, 0.4) is 0 Å². The van der Waals surface area contributed by atoms with Gasteiger partial charge in [-0.1, -0.05) is 29.3 Å². The third-order valence-corrected chi connectivity index (χ3v) is 8.21. The maximum atomic E-state index is 14.2. The molecule has 0 aromatic heterocycles. The normalized spacial score (nSPS) is 15.4. The van der Waals surface area contributed by atoms with Gasteiger partial charge >= 0.3 is 0 Å². The Morgan fingerprint density at radius 2 is 1.87 bits per heavy atom. The zero-order chi connectivity index (χ0) is 27.7. The highest BCUT2D eigenvalue weighted by Crippen LogP contribution is 2.41. The first-order chi connectivity index (χ1) is 18.7. The lowest BCUT2D eigenvalue weighted by atomic mass is 10.1. The van der Waals surface area contributed by atoms with E-state index in [2.05, 4.69) is 22.6 Å². The van der Waals surface area contributed by atoms with E-state index in [0.717, 1.165) is 16.7 Å². The smallest absolute Gasteiger partial charge is 0.293 e. The van der Waals surface area contributed by atoms with Crippen molar-refractivity contribution in [3.05, 3.63) is 83.5 Å². The Hall–Kier alpha value is -2.67. The van der Waals surface area contributed by atoms with Gasteiger partial charge in [0.15, 0.2) is 23.0 Å². The summed E-state index contributed by atoms with van der Waals surface area (Å²) < 4.78 is 37.3. The molecular weight excluding hydrogens is 683 g/mol. The predicted octanol–water partition coefficient (Wildman–Crippen LogP) is 7.68. The van der Waals surface area contributed by atoms with E-state index in [0.29, 0.717) is 49.3 Å². The highest BCUT2D eigenvalue weighted by Gasteiger charge is 2.36. The average molecular weight is 702 g/mol. The van der Waals surface area contributed by atoms with Gasteiger partial charge in [-0.05, 0) is 88.8 Å². The lowest BCUT2D eigenvalue weighted by Gasteiger charge is -2.16. The molecule has 1 saturated heterocycles. The second-order valence-corrected chi connectivity index (χ2v) is 11.3. The number of amides is 2. The molecule has 1 fully saturated rings. The Labute approximate surface area is 251 Å². The van der Waals surface area contributed by atoms with Crippen molar-refractivity contribution < 1.29 is 32.9 Å². The fourth-order valence-corrected chi connectivity index (χ4v) is 5.98. The molecule has 12 heteroatoms. The van der Waals surface area contributed by atoms with Gasteiger partial charge in [-0.15, -0.1) is 0 Å². The molecule has 0 unspecified atom stereocenters. The highest BCUT2D eigenvalue weighted by atomic mass is 127. The third-order valence-electron chi connectivity index (χ3n) is 5.80. The number of ether oxygens (including phenoxy) is 4. The fourth-order valence-electron chi connectivity index (χ4n) is 3.93. The van der Waals surface area contributed by atoms with Gasteiger partial charge in [0.25, 0.3) is 11.1 Å². The number of nitrogens with zero attached hydrogens (tertiary/aromatic N) is 1. The summed E-state index contributed by atoms with van der Waals surface area (Å²) >= 11 is 15.4. The van der Waals surface area contributed by atoms with Crippen LogP contribution in [0.25, 0.3) is 6.08 Å². The molecule has 202 valence electrons. The van der Waals surface area contributed by atoms with E-state index in [1.165, 1.54) is 12.1 Å². The Bertz CT molecular complexity index is 1500. The molecule has 3 aromatic rings. The Morgan fingerprint density at radius 1 is 1.10 bits per heavy atom. The molecule has 0 N–H and O–H groups in total. The molecule has 5 rings (SSSR count). The van der Waals surface area contributed by atoms with Crippen molar-refractivity contribution in [3.8, 4) is 23.0 Å². The second-order valence-electron chi connectivity index (χ2n) is 8.32. The molecule has 3 aromatic carbocycles. The number of thioether (sulfide) groups is 1. The summed E-state index contributed by atoms with van der Waals surface area (Å²) in [5, 5.41) is 0.212. The van der Waals surface area contributed by atoms with E-state index in [9.17, 15) is 14.0 Å². The molecular formula is C27H19Cl2FINO6S. The summed E-state index contributed by atoms with van der Waals surface area (Å²) in [5.74, 6) is 0.941. The van der Waals surface area contributed by atoms with Crippen molar-refractivity contribution in [2.45, 2.75) is 20.1 Å². The molecule has 7 nitrogen and oxygen atoms in total. The summed E-state index contributed by atoms with van der Waals surface area (Å²) in [6, 6.07) is 11.2. The number of benzene rings is 3. The van der Waals surface area contributed by atoms with Crippen LogP contribution in [0.2, 0.25) is 10.0 Å². The molecule has 0 aliphatic carbocycles. The van der Waals surface area contributed by atoms with E-state index in [1.54, 1.807) is 36.4 Å². The van der Waals surface area contributed by atoms with Gasteiger partial charge in [0.05, 0.1) is 26.6 Å². The van der Waals surface area contributed by atoms with Gasteiger partial charge in [-0.3, -0.25) is 14.5 Å². The van der Waals surface area contributed by atoms with Crippen molar-refractivity contribution >= 4 is 74.8 Å². The van der Waals surface area contributed by atoms with Crippen molar-refractivity contribution in [1.82, 2.24) is 4.90 Å². The highest BCUT2D eigenvalue weighted by molar-refractivity contribution is 14.1. The van der Waals surface area contributed by atoms with E-state index >= 15 is 0 Å². The fraction of sp³-hybridized carbons (Fsp3) is 0.185. The van der Waals surface area contributed by atoms with E-state index in [1.807, 2.05) is 6.92 Å². The number of fused-ring (bicyclic) bond motifs is 1. The van der Waals surface area contributed by atoms with Crippen LogP contribution >= 0.6 is 57.6 Å². The van der Waals surface area contributed by atoms with Crippen molar-refractivity contribution in [2.75, 3.05) is 13.4 Å². The molecule has 2 amide bonds. The molecule has 0 spiro atoms. The molecule has 0 atom stereocenters. The van der Waals surface area contributed by atoms with Gasteiger partial charge in [0.1, 0.15) is 12.4 Å². The van der Waals surface area contributed by atoms with E-state index < -0.39 is 17.0 Å². The van der Waals surface area contributed by atoms with Crippen LogP contribution in [0.1, 0.15) is 23.6 Å². The van der Waals surface area contributed by atoms with Gasteiger partial charge in [0, 0.05) is 16.7 Å². The number of halogens is 4. The first kappa shape index (κ1) is 27.9. The van der Waals surface area contributed by atoms with Gasteiger partial charge in [-0.2, -0.15) is 0 Å². The van der Waals surface area contributed by atoms with Crippen LogP contribution in [-0.2, 0) is 17.9 Å². The van der Waals surface area contributed by atoms with Crippen LogP contribution in [0.15, 0.2) is 47.4 Å². The number of carbonyl (C=O) groups excluding carboxylic acids is 2. The lowest BCUT2D eigenvalue weighted by Crippen LogP contribution is -2.27. The molecule has 39 heavy (non-hydrogen) atoms. The minimum Gasteiger partial charge on any atom is -0.490 e. The number of hydrogen-bond acceptors (Lipinski definition) is 7. The van der Waals surface area contributed by atoms with Crippen LogP contribution in [-0.4, -0.2) is 29.4 Å². The minimum absolute atomic E-state index is 0.00933. The Kier molecular flexibility index (Phi) is 8.46. The van der Waals surface area contributed by atoms with Crippen LogP contribution in [0, 0.1) is 9.39 Å². The number of carbonyl (C=O) groups is 2. The topological polar surface area (TPSA) is 74.3 Å². The van der Waals surface area contributed by atoms with Crippen LogP contribution < -0.4 is 18.9 Å². The van der Waals surface area contributed by atoms with Crippen molar-refractivity contribution in [2.24, 2.45) is 0 Å². The summed E-state index contributed by atoms with van der Waals surface area (Å²) in [4.78, 5) is 27.3. The number of rotatable bonds is 8. The third kappa shape index (κ3) is 5.93. The minimum atomic E-state index is -0.468. The average Bonchev–Trinajstić information content (AvgIpc) is 3.44. The summed E-state index contributed by atoms with van der Waals surface area (Å²) in [7, 11) is 0. The Morgan fingerprint density at radius 3 is 2.62 bits per heavy atom. The maximum absolute atomic E-state index is 14.2. The monoisotopic (exact) mass is 701 g/mol. The lowest BCUT2D eigenvalue weighted by molar-refractivity contribution is -0.123. The molecule has 0 bridgehead atoms. The first-order valence-corrected chi connectivity index (χ1v) is 14.3. The quantitative estimate of drug-likeness (QED) is 0.176. The summed E-state index contributed by atoms with van der Waals surface area (Å²) in [5.41, 5.74) is 1.43. The van der Waals surface area contributed by atoms with E-state index in [-0.39, 0.29) is 35.4 Å². The molecule has 0 radical (unpaired) electrons. The number of hydrogen-bond donors (Lipinski definition) is 0. The SMILES string of the molecule is CCOc1cc(/C=C2\SC(=O)N(Cc3cc4c(cc3Cl)OCO4)C2=O)cc(I)c1OCc1c(F)cccc1Cl. The standard InChI is InChI=1S/C27H19Cl2FINO6S/c1-2-35-23-7-14(6-20(31)25(23)36-12-16-17(28)4-3-5-19(16)30)8-24-26(33)32(27(34)39-24)11-15-9-21-22(10-18(15)29)38-13-37-21/h3-10H,2,11-13H2,1H3/b24-8-. The number of imide groups is 1. The van der Waals surface area contributed by atoms with Crippen LogP contribution in [0.4, 0.5) is 9.18 Å². The largest absolute Gasteiger partial charge is 0.490 e. The van der Waals surface area contributed by atoms with Gasteiger partial charge < -0.3 is 18.9 Å². The molecule has 2 aliphatic heterocycles. The predicted molar refractivity (Wildman–Crippen MR) is 155 cm³/mol. The summed E-state index contributed by atoms with van der Waals surface area (Å²) in [6.45, 7) is 2.16. The van der Waals surface area contributed by atoms with Gasteiger partial charge in [-0.25, -0.2) is 4.39 Å². The van der Waals surface area contributed by atoms with E-state index in [4.69, 9.17) is 42.1 Å². The first-order valence-electron chi connectivity index (χ1n) is 11.6.